The molecule has 0 atom stereocenters. The van der Waals surface area contributed by atoms with Gasteiger partial charge in [-0.15, -0.1) is 0 Å². The van der Waals surface area contributed by atoms with Gasteiger partial charge in [0.25, 0.3) is 0 Å². The number of nitrogens with zero attached hydrogens (tertiary/aromatic N) is 3. The minimum Gasteiger partial charge on any atom is -0.330 e. The molecule has 88 valence electrons. The van der Waals surface area contributed by atoms with Gasteiger partial charge in [-0.2, -0.15) is 0 Å². The Morgan fingerprint density at radius 1 is 1.47 bits per heavy atom. The lowest BCUT2D eigenvalue weighted by molar-refractivity contribution is 0.0913. The highest BCUT2D eigenvalue weighted by molar-refractivity contribution is 5.81. The van der Waals surface area contributed by atoms with Crippen molar-refractivity contribution in [3.05, 3.63) is 48.3 Å². The van der Waals surface area contributed by atoms with Crippen molar-refractivity contribution in [2.75, 3.05) is 6.54 Å². The van der Waals surface area contributed by atoms with Crippen LogP contribution in [0.4, 0.5) is 0 Å². The van der Waals surface area contributed by atoms with Crippen LogP contribution in [0.2, 0.25) is 0 Å². The second kappa shape index (κ2) is 5.36. The van der Waals surface area contributed by atoms with Crippen molar-refractivity contribution in [3.8, 4) is 0 Å². The zero-order valence-corrected chi connectivity index (χ0v) is 9.41. The number of aromatic nitrogens is 3. The van der Waals surface area contributed by atoms with E-state index in [2.05, 4.69) is 9.97 Å². The molecular weight excluding hydrogens is 216 g/mol. The molecule has 0 aliphatic carbocycles. The Balaban J connectivity index is 2.04. The van der Waals surface area contributed by atoms with Crippen LogP contribution in [-0.2, 0) is 12.8 Å². The van der Waals surface area contributed by atoms with Crippen LogP contribution in [0.1, 0.15) is 16.1 Å². The zero-order valence-electron chi connectivity index (χ0n) is 9.41. The molecule has 2 aromatic rings. The van der Waals surface area contributed by atoms with Crippen molar-refractivity contribution in [1.82, 2.24) is 14.5 Å². The molecule has 5 heteroatoms. The number of carbonyl (C=O) groups is 1. The van der Waals surface area contributed by atoms with Crippen LogP contribution in [0.15, 0.2) is 37.1 Å². The topological polar surface area (TPSA) is 73.8 Å². The van der Waals surface area contributed by atoms with E-state index >= 15 is 0 Å². The fraction of sp³-hybridized carbons (Fsp3) is 0.250. The average molecular weight is 230 g/mol. The molecule has 0 aliphatic rings. The van der Waals surface area contributed by atoms with E-state index in [9.17, 15) is 4.79 Å². The molecule has 17 heavy (non-hydrogen) atoms. The van der Waals surface area contributed by atoms with Gasteiger partial charge in [-0.1, -0.05) is 6.07 Å². The number of imidazole rings is 1. The lowest BCUT2D eigenvalue weighted by Gasteiger charge is -2.00. The summed E-state index contributed by atoms with van der Waals surface area (Å²) in [7, 11) is 0. The molecular formula is C12H14N4O. The van der Waals surface area contributed by atoms with Gasteiger partial charge in [0.05, 0.1) is 12.1 Å². The zero-order chi connectivity index (χ0) is 12.1. The van der Waals surface area contributed by atoms with E-state index in [1.807, 2.05) is 12.1 Å². The molecule has 0 aliphatic heterocycles. The predicted molar refractivity (Wildman–Crippen MR) is 63.6 cm³/mol. The van der Waals surface area contributed by atoms with E-state index in [4.69, 9.17) is 5.73 Å². The van der Waals surface area contributed by atoms with Crippen LogP contribution in [0.5, 0.6) is 0 Å². The van der Waals surface area contributed by atoms with Gasteiger partial charge in [-0.3, -0.25) is 14.3 Å². The number of hydrogen-bond acceptors (Lipinski definition) is 4. The SMILES string of the molecule is NCCc1cn(C(=O)Cc2cccnc2)cn1. The monoisotopic (exact) mass is 230 g/mol. The fourth-order valence-electron chi connectivity index (χ4n) is 1.55. The van der Waals surface area contributed by atoms with Gasteiger partial charge >= 0.3 is 0 Å². The lowest BCUT2D eigenvalue weighted by Crippen LogP contribution is -2.11. The second-order valence-electron chi connectivity index (χ2n) is 3.74. The van der Waals surface area contributed by atoms with Gasteiger partial charge in [-0.05, 0) is 18.2 Å². The molecule has 0 radical (unpaired) electrons. The third-order valence-corrected chi connectivity index (χ3v) is 2.40. The smallest absolute Gasteiger partial charge is 0.236 e. The normalized spacial score (nSPS) is 10.4. The van der Waals surface area contributed by atoms with E-state index in [1.165, 1.54) is 10.9 Å². The average Bonchev–Trinajstić information content (AvgIpc) is 2.79. The van der Waals surface area contributed by atoms with Gasteiger partial charge in [0, 0.05) is 25.0 Å². The maximum absolute atomic E-state index is 11.9. The molecule has 5 nitrogen and oxygen atoms in total. The van der Waals surface area contributed by atoms with E-state index < -0.39 is 0 Å². The number of hydrogen-bond donors (Lipinski definition) is 1. The van der Waals surface area contributed by atoms with Gasteiger partial charge in [0.15, 0.2) is 0 Å². The first-order valence-corrected chi connectivity index (χ1v) is 5.44. The Bertz CT molecular complexity index is 492. The van der Waals surface area contributed by atoms with Crippen LogP contribution in [0, 0.1) is 0 Å². The highest BCUT2D eigenvalue weighted by Crippen LogP contribution is 2.02. The van der Waals surface area contributed by atoms with Gasteiger partial charge in [0.1, 0.15) is 6.33 Å². The fourth-order valence-corrected chi connectivity index (χ4v) is 1.55. The Morgan fingerprint density at radius 3 is 3.06 bits per heavy atom. The Hall–Kier alpha value is -2.01. The van der Waals surface area contributed by atoms with Crippen LogP contribution in [0.3, 0.4) is 0 Å². The standard InChI is InChI=1S/C12H14N4O/c13-4-3-11-8-16(9-15-11)12(17)6-10-2-1-5-14-7-10/h1-2,5,7-9H,3-4,6,13H2. The Labute approximate surface area is 99.3 Å². The minimum atomic E-state index is -0.0197. The van der Waals surface area contributed by atoms with Crippen molar-refractivity contribution >= 4 is 5.91 Å². The number of rotatable bonds is 4. The summed E-state index contributed by atoms with van der Waals surface area (Å²) < 4.78 is 1.50. The molecule has 2 heterocycles. The largest absolute Gasteiger partial charge is 0.330 e. The lowest BCUT2D eigenvalue weighted by atomic mass is 10.2. The first-order chi connectivity index (χ1) is 8.29. The minimum absolute atomic E-state index is 0.0197. The van der Waals surface area contributed by atoms with Gasteiger partial charge in [-0.25, -0.2) is 4.98 Å². The summed E-state index contributed by atoms with van der Waals surface area (Å²) in [4.78, 5) is 20.0. The van der Waals surface area contributed by atoms with Gasteiger partial charge in [0.2, 0.25) is 5.91 Å². The second-order valence-corrected chi connectivity index (χ2v) is 3.74. The number of carbonyl (C=O) groups excluding carboxylic acids is 1. The number of pyridine rings is 1. The quantitative estimate of drug-likeness (QED) is 0.837. The van der Waals surface area contributed by atoms with Crippen LogP contribution in [0.25, 0.3) is 0 Å². The van der Waals surface area contributed by atoms with E-state index in [0.717, 1.165) is 11.3 Å². The summed E-state index contributed by atoms with van der Waals surface area (Å²) >= 11 is 0. The summed E-state index contributed by atoms with van der Waals surface area (Å²) in [5.41, 5.74) is 7.16. The molecule has 0 amide bonds. The Morgan fingerprint density at radius 2 is 2.35 bits per heavy atom. The first kappa shape index (κ1) is 11.5. The van der Waals surface area contributed by atoms with Crippen LogP contribution >= 0.6 is 0 Å². The third kappa shape index (κ3) is 2.98. The molecule has 0 saturated carbocycles. The van der Waals surface area contributed by atoms with E-state index in [1.54, 1.807) is 18.6 Å². The summed E-state index contributed by atoms with van der Waals surface area (Å²) in [5.74, 6) is -0.0197. The van der Waals surface area contributed by atoms with Crippen molar-refractivity contribution in [1.29, 1.82) is 0 Å². The molecule has 0 spiro atoms. The van der Waals surface area contributed by atoms with E-state index in [-0.39, 0.29) is 5.91 Å². The maximum Gasteiger partial charge on any atom is 0.236 e. The first-order valence-electron chi connectivity index (χ1n) is 5.44. The molecule has 0 fully saturated rings. The predicted octanol–water partition coefficient (Wildman–Crippen LogP) is 0.662. The van der Waals surface area contributed by atoms with Crippen molar-refractivity contribution < 1.29 is 4.79 Å². The molecule has 2 aromatic heterocycles. The molecule has 0 bridgehead atoms. The Kier molecular flexibility index (Phi) is 3.62. The molecule has 0 unspecified atom stereocenters. The van der Waals surface area contributed by atoms with Crippen LogP contribution < -0.4 is 5.73 Å². The molecule has 0 saturated heterocycles. The highest BCUT2D eigenvalue weighted by atomic mass is 16.2. The maximum atomic E-state index is 11.9. The van der Waals surface area contributed by atoms with Crippen molar-refractivity contribution in [3.63, 3.8) is 0 Å². The molecule has 2 N–H and O–H groups in total. The number of nitrogens with two attached hydrogens (primary N) is 1. The van der Waals surface area contributed by atoms with Gasteiger partial charge < -0.3 is 5.73 Å². The van der Waals surface area contributed by atoms with Crippen molar-refractivity contribution in [2.45, 2.75) is 12.8 Å². The van der Waals surface area contributed by atoms with Crippen LogP contribution in [-0.4, -0.2) is 27.0 Å². The summed E-state index contributed by atoms with van der Waals surface area (Å²) in [5, 5.41) is 0. The third-order valence-electron chi connectivity index (χ3n) is 2.40. The highest BCUT2D eigenvalue weighted by Gasteiger charge is 2.07. The molecule has 0 aromatic carbocycles. The summed E-state index contributed by atoms with van der Waals surface area (Å²) in [6.07, 6.45) is 7.65. The summed E-state index contributed by atoms with van der Waals surface area (Å²) in [6.45, 7) is 0.536. The summed E-state index contributed by atoms with van der Waals surface area (Å²) in [6, 6.07) is 3.69. The molecule has 2 rings (SSSR count). The van der Waals surface area contributed by atoms with E-state index in [0.29, 0.717) is 19.4 Å². The van der Waals surface area contributed by atoms with Crippen molar-refractivity contribution in [2.24, 2.45) is 5.73 Å².